The Morgan fingerprint density at radius 1 is 1.48 bits per heavy atom. The summed E-state index contributed by atoms with van der Waals surface area (Å²) in [4.78, 5) is 15.1. The third-order valence-electron chi connectivity index (χ3n) is 2.75. The summed E-state index contributed by atoms with van der Waals surface area (Å²) in [5.74, 6) is -1.67. The molecule has 1 heterocycles. The molecular weight excluding hydrogens is 297 g/mol. The molecule has 2 N–H and O–H groups in total. The Labute approximate surface area is 124 Å². The highest BCUT2D eigenvalue weighted by Gasteiger charge is 2.16. The molecule has 0 unspecified atom stereocenters. The molecule has 7 heteroatoms. The third kappa shape index (κ3) is 3.09. The maximum Gasteiger partial charge on any atom is 0.339 e. The van der Waals surface area contributed by atoms with Crippen molar-refractivity contribution in [1.82, 2.24) is 4.98 Å². The van der Waals surface area contributed by atoms with E-state index in [9.17, 15) is 9.18 Å². The van der Waals surface area contributed by atoms with Crippen molar-refractivity contribution >= 4 is 29.1 Å². The van der Waals surface area contributed by atoms with Crippen LogP contribution in [0.25, 0.3) is 0 Å². The molecule has 0 saturated carbocycles. The van der Waals surface area contributed by atoms with Gasteiger partial charge in [-0.15, -0.1) is 0 Å². The number of hydrogen-bond acceptors (Lipinski definition) is 4. The van der Waals surface area contributed by atoms with E-state index in [1.165, 1.54) is 18.2 Å². The number of carbonyl (C=O) groups is 1. The first-order valence-corrected chi connectivity index (χ1v) is 6.17. The quantitative estimate of drug-likeness (QED) is 0.906. The van der Waals surface area contributed by atoms with Crippen LogP contribution in [0, 0.1) is 24.1 Å². The first-order chi connectivity index (χ1) is 9.92. The number of carboxylic acid groups (broad SMARTS) is 1. The van der Waals surface area contributed by atoms with E-state index in [0.29, 0.717) is 11.3 Å². The van der Waals surface area contributed by atoms with E-state index in [-0.39, 0.29) is 22.1 Å². The van der Waals surface area contributed by atoms with Gasteiger partial charge < -0.3 is 10.4 Å². The average molecular weight is 306 g/mol. The van der Waals surface area contributed by atoms with Gasteiger partial charge in [0.2, 0.25) is 0 Å². The molecule has 2 aromatic rings. The van der Waals surface area contributed by atoms with Gasteiger partial charge in [0.25, 0.3) is 0 Å². The van der Waals surface area contributed by atoms with Gasteiger partial charge in [0.05, 0.1) is 5.02 Å². The zero-order valence-electron chi connectivity index (χ0n) is 10.8. The molecule has 1 aromatic heterocycles. The number of aryl methyl sites for hydroxylation is 1. The zero-order chi connectivity index (χ0) is 15.6. The van der Waals surface area contributed by atoms with Gasteiger partial charge in [-0.1, -0.05) is 11.6 Å². The Hall–Kier alpha value is -2.65. The lowest BCUT2D eigenvalue weighted by molar-refractivity contribution is 0.0697. The molecule has 0 radical (unpaired) electrons. The van der Waals surface area contributed by atoms with Gasteiger partial charge in [0.15, 0.2) is 5.69 Å². The molecule has 0 fully saturated rings. The highest BCUT2D eigenvalue weighted by atomic mass is 35.5. The first-order valence-electron chi connectivity index (χ1n) is 5.79. The number of anilines is 2. The van der Waals surface area contributed by atoms with E-state index in [2.05, 4.69) is 10.3 Å². The Morgan fingerprint density at radius 2 is 2.19 bits per heavy atom. The summed E-state index contributed by atoms with van der Waals surface area (Å²) >= 11 is 5.77. The van der Waals surface area contributed by atoms with Crippen molar-refractivity contribution in [3.05, 3.63) is 51.9 Å². The Balaban J connectivity index is 2.52. The van der Waals surface area contributed by atoms with E-state index in [0.717, 1.165) is 6.07 Å². The van der Waals surface area contributed by atoms with E-state index < -0.39 is 11.8 Å². The van der Waals surface area contributed by atoms with Crippen LogP contribution < -0.4 is 5.32 Å². The summed E-state index contributed by atoms with van der Waals surface area (Å²) in [6.07, 6.45) is 0. The van der Waals surface area contributed by atoms with Gasteiger partial charge in [-0.2, -0.15) is 5.26 Å². The Bertz CT molecular complexity index is 772. The smallest absolute Gasteiger partial charge is 0.339 e. The number of nitrogens with one attached hydrogen (secondary N) is 1. The topological polar surface area (TPSA) is 86.0 Å². The maximum absolute atomic E-state index is 13.1. The molecule has 0 saturated heterocycles. The summed E-state index contributed by atoms with van der Waals surface area (Å²) in [7, 11) is 0. The van der Waals surface area contributed by atoms with Gasteiger partial charge in [0.1, 0.15) is 23.3 Å². The second-order valence-corrected chi connectivity index (χ2v) is 4.62. The molecule has 1 aromatic carbocycles. The van der Waals surface area contributed by atoms with Crippen LogP contribution in [0.4, 0.5) is 15.9 Å². The molecule has 0 spiro atoms. The van der Waals surface area contributed by atoms with E-state index in [1.54, 1.807) is 13.0 Å². The summed E-state index contributed by atoms with van der Waals surface area (Å²) in [5.41, 5.74) is 0.783. The fourth-order valence-electron chi connectivity index (χ4n) is 1.72. The van der Waals surface area contributed by atoms with Gasteiger partial charge >= 0.3 is 5.97 Å². The number of aromatic nitrogens is 1. The minimum Gasteiger partial charge on any atom is -0.478 e. The number of nitriles is 1. The standard InChI is InChI=1S/C14H9ClFN3O2/c1-7-4-8(16)2-3-11(7)18-13-9(14(20)21)5-10(15)12(6-17)19-13/h2-5H,1H3,(H,18,19)(H,20,21). The number of halogens is 2. The number of rotatable bonds is 3. The minimum absolute atomic E-state index is 0.0295. The molecule has 0 atom stereocenters. The summed E-state index contributed by atoms with van der Waals surface area (Å²) in [6.45, 7) is 1.66. The second kappa shape index (κ2) is 5.77. The molecule has 106 valence electrons. The van der Waals surface area contributed by atoms with E-state index in [1.807, 2.05) is 0 Å². The first kappa shape index (κ1) is 14.8. The van der Waals surface area contributed by atoms with Crippen LogP contribution in [-0.4, -0.2) is 16.1 Å². The second-order valence-electron chi connectivity index (χ2n) is 4.22. The highest BCUT2D eigenvalue weighted by Crippen LogP contribution is 2.26. The number of hydrogen-bond donors (Lipinski definition) is 2. The van der Waals surface area contributed by atoms with Crippen molar-refractivity contribution in [3.63, 3.8) is 0 Å². The SMILES string of the molecule is Cc1cc(F)ccc1Nc1nc(C#N)c(Cl)cc1C(=O)O. The van der Waals surface area contributed by atoms with Gasteiger partial charge in [-0.25, -0.2) is 14.2 Å². The van der Waals surface area contributed by atoms with Crippen molar-refractivity contribution < 1.29 is 14.3 Å². The normalized spacial score (nSPS) is 10.0. The van der Waals surface area contributed by atoms with Crippen LogP contribution in [0.5, 0.6) is 0 Å². The lowest BCUT2D eigenvalue weighted by Gasteiger charge is -2.12. The maximum atomic E-state index is 13.1. The van der Waals surface area contributed by atoms with Gasteiger partial charge in [0, 0.05) is 5.69 Å². The van der Waals surface area contributed by atoms with Crippen molar-refractivity contribution in [2.24, 2.45) is 0 Å². The minimum atomic E-state index is -1.24. The molecule has 0 aliphatic carbocycles. The van der Waals surface area contributed by atoms with Crippen molar-refractivity contribution in [3.8, 4) is 6.07 Å². The van der Waals surface area contributed by atoms with Crippen molar-refractivity contribution in [2.75, 3.05) is 5.32 Å². The molecule has 5 nitrogen and oxygen atoms in total. The Kier molecular flexibility index (Phi) is 4.05. The molecule has 21 heavy (non-hydrogen) atoms. The number of pyridine rings is 1. The number of carboxylic acids is 1. The van der Waals surface area contributed by atoms with Crippen LogP contribution in [0.15, 0.2) is 24.3 Å². The van der Waals surface area contributed by atoms with Gasteiger partial charge in [-0.3, -0.25) is 0 Å². The van der Waals surface area contributed by atoms with Crippen LogP contribution in [-0.2, 0) is 0 Å². The van der Waals surface area contributed by atoms with E-state index in [4.69, 9.17) is 22.0 Å². The summed E-state index contributed by atoms with van der Waals surface area (Å²) in [6, 6.07) is 6.91. The zero-order valence-corrected chi connectivity index (χ0v) is 11.6. The molecule has 0 bridgehead atoms. The summed E-state index contributed by atoms with van der Waals surface area (Å²) < 4.78 is 13.1. The predicted molar refractivity (Wildman–Crippen MR) is 75.3 cm³/mol. The van der Waals surface area contributed by atoms with Crippen LogP contribution in [0.3, 0.4) is 0 Å². The molecule has 2 rings (SSSR count). The Morgan fingerprint density at radius 3 is 2.76 bits per heavy atom. The fourth-order valence-corrected chi connectivity index (χ4v) is 1.91. The molecule has 0 amide bonds. The van der Waals surface area contributed by atoms with E-state index >= 15 is 0 Å². The monoisotopic (exact) mass is 305 g/mol. The predicted octanol–water partition coefficient (Wildman–Crippen LogP) is 3.50. The molecule has 0 aliphatic rings. The third-order valence-corrected chi connectivity index (χ3v) is 3.04. The largest absolute Gasteiger partial charge is 0.478 e. The number of aromatic carboxylic acids is 1. The van der Waals surface area contributed by atoms with Crippen LogP contribution in [0.1, 0.15) is 21.6 Å². The fraction of sp³-hybridized carbons (Fsp3) is 0.0714. The summed E-state index contributed by atoms with van der Waals surface area (Å²) in [5, 5.41) is 20.8. The van der Waals surface area contributed by atoms with Crippen molar-refractivity contribution in [1.29, 1.82) is 5.26 Å². The molecular formula is C14H9ClFN3O2. The number of nitrogens with zero attached hydrogens (tertiary/aromatic N) is 2. The number of benzene rings is 1. The van der Waals surface area contributed by atoms with Crippen LogP contribution in [0.2, 0.25) is 5.02 Å². The molecule has 0 aliphatic heterocycles. The lowest BCUT2D eigenvalue weighted by Crippen LogP contribution is -2.07. The van der Waals surface area contributed by atoms with Crippen molar-refractivity contribution in [2.45, 2.75) is 6.92 Å². The lowest BCUT2D eigenvalue weighted by atomic mass is 10.1. The average Bonchev–Trinajstić information content (AvgIpc) is 2.42. The van der Waals surface area contributed by atoms with Crippen LogP contribution >= 0.6 is 11.6 Å². The van der Waals surface area contributed by atoms with Gasteiger partial charge in [-0.05, 0) is 36.8 Å². The highest BCUT2D eigenvalue weighted by molar-refractivity contribution is 6.32.